The fourth-order valence-corrected chi connectivity index (χ4v) is 4.05. The number of pyridine rings is 1. The van der Waals surface area contributed by atoms with Gasteiger partial charge in [0.15, 0.2) is 0 Å². The van der Waals surface area contributed by atoms with E-state index >= 15 is 0 Å². The minimum absolute atomic E-state index is 0.278. The predicted octanol–water partition coefficient (Wildman–Crippen LogP) is 4.88. The molecule has 1 unspecified atom stereocenters. The molecule has 1 saturated carbocycles. The quantitative estimate of drug-likeness (QED) is 0.719. The lowest BCUT2D eigenvalue weighted by Crippen LogP contribution is -2.13. The van der Waals surface area contributed by atoms with Crippen molar-refractivity contribution in [3.8, 4) is 5.75 Å². The lowest BCUT2D eigenvalue weighted by Gasteiger charge is -2.19. The van der Waals surface area contributed by atoms with E-state index in [2.05, 4.69) is 34.3 Å². The first-order chi connectivity index (χ1) is 11.7. The molecule has 1 aliphatic rings. The van der Waals surface area contributed by atoms with Gasteiger partial charge in [0, 0.05) is 27.8 Å². The maximum Gasteiger partial charge on any atom is 0.145 e. The zero-order chi connectivity index (χ0) is 16.7. The molecule has 24 heavy (non-hydrogen) atoms. The summed E-state index contributed by atoms with van der Waals surface area (Å²) in [6.45, 7) is 4.14. The van der Waals surface area contributed by atoms with Crippen molar-refractivity contribution in [1.82, 2.24) is 9.97 Å². The van der Waals surface area contributed by atoms with Gasteiger partial charge >= 0.3 is 0 Å². The molecule has 1 fully saturated rings. The lowest BCUT2D eigenvalue weighted by atomic mass is 10.1. The molecule has 4 rings (SSSR count). The van der Waals surface area contributed by atoms with Crippen LogP contribution < -0.4 is 10.1 Å². The fraction of sp³-hybridized carbons (Fsp3) is 0.368. The van der Waals surface area contributed by atoms with Crippen LogP contribution in [0.4, 0.5) is 5.69 Å². The van der Waals surface area contributed by atoms with Crippen LogP contribution in [0.25, 0.3) is 10.9 Å². The Labute approximate surface area is 145 Å². The van der Waals surface area contributed by atoms with Crippen molar-refractivity contribution >= 4 is 27.9 Å². The Balaban J connectivity index is 1.78. The van der Waals surface area contributed by atoms with Gasteiger partial charge in [-0.1, -0.05) is 12.1 Å². The molecule has 0 saturated heterocycles. The molecule has 3 aromatic rings. The lowest BCUT2D eigenvalue weighted by molar-refractivity contribution is 0.419. The average molecular weight is 339 g/mol. The maximum atomic E-state index is 5.49. The Morgan fingerprint density at radius 1 is 1.29 bits per heavy atom. The van der Waals surface area contributed by atoms with E-state index in [1.807, 2.05) is 25.3 Å². The van der Waals surface area contributed by atoms with Crippen LogP contribution in [0.15, 0.2) is 30.5 Å². The number of rotatable bonds is 5. The number of anilines is 1. The maximum absolute atomic E-state index is 5.49. The van der Waals surface area contributed by atoms with E-state index in [0.717, 1.165) is 28.0 Å². The van der Waals surface area contributed by atoms with Crippen LogP contribution in [0.1, 0.15) is 34.5 Å². The molecule has 2 heterocycles. The van der Waals surface area contributed by atoms with Gasteiger partial charge in [-0.25, -0.2) is 9.97 Å². The van der Waals surface area contributed by atoms with Crippen LogP contribution in [-0.2, 0) is 0 Å². The van der Waals surface area contributed by atoms with E-state index in [4.69, 9.17) is 4.74 Å². The normalized spacial score (nSPS) is 15.5. The summed E-state index contributed by atoms with van der Waals surface area (Å²) in [5.41, 5.74) is 3.01. The highest BCUT2D eigenvalue weighted by Crippen LogP contribution is 2.45. The third-order valence-corrected chi connectivity index (χ3v) is 5.46. The molecule has 1 aliphatic carbocycles. The van der Waals surface area contributed by atoms with E-state index < -0.39 is 0 Å². The third kappa shape index (κ3) is 2.84. The number of thiazole rings is 1. The standard InChI is InChI=1S/C19H21N3OS/c1-11-9-15(14-5-4-6-16(23-3)18(14)21-11)22-17(13-7-8-13)19-20-10-12(2)24-19/h4-6,9-10,13,17H,7-8H2,1-3H3,(H,21,22). The summed E-state index contributed by atoms with van der Waals surface area (Å²) in [5.74, 6) is 1.48. The molecule has 4 nitrogen and oxygen atoms in total. The van der Waals surface area contributed by atoms with Gasteiger partial charge in [-0.2, -0.15) is 0 Å². The highest BCUT2D eigenvalue weighted by Gasteiger charge is 2.34. The number of hydrogen-bond donors (Lipinski definition) is 1. The van der Waals surface area contributed by atoms with Gasteiger partial charge in [0.05, 0.1) is 13.2 Å². The van der Waals surface area contributed by atoms with Crippen LogP contribution in [0.2, 0.25) is 0 Å². The highest BCUT2D eigenvalue weighted by atomic mass is 32.1. The van der Waals surface area contributed by atoms with Crippen LogP contribution in [0.3, 0.4) is 0 Å². The van der Waals surface area contributed by atoms with Gasteiger partial charge in [-0.05, 0) is 44.7 Å². The predicted molar refractivity (Wildman–Crippen MR) is 99.0 cm³/mol. The Bertz CT molecular complexity index is 885. The van der Waals surface area contributed by atoms with Crippen molar-refractivity contribution in [3.05, 3.63) is 46.0 Å². The van der Waals surface area contributed by atoms with E-state index in [1.54, 1.807) is 18.4 Å². The number of nitrogens with one attached hydrogen (secondary N) is 1. The minimum atomic E-state index is 0.278. The Morgan fingerprint density at radius 3 is 2.79 bits per heavy atom. The average Bonchev–Trinajstić information content (AvgIpc) is 3.32. The van der Waals surface area contributed by atoms with E-state index in [1.165, 1.54) is 22.7 Å². The summed E-state index contributed by atoms with van der Waals surface area (Å²) in [6.07, 6.45) is 4.50. The second-order valence-corrected chi connectivity index (χ2v) is 7.70. The number of methoxy groups -OCH3 is 1. The molecule has 0 radical (unpaired) electrons. The molecule has 5 heteroatoms. The number of benzene rings is 1. The smallest absolute Gasteiger partial charge is 0.145 e. The summed E-state index contributed by atoms with van der Waals surface area (Å²) < 4.78 is 5.49. The molecule has 0 amide bonds. The van der Waals surface area contributed by atoms with Gasteiger partial charge in [0.2, 0.25) is 0 Å². The summed E-state index contributed by atoms with van der Waals surface area (Å²) >= 11 is 1.79. The Hall–Kier alpha value is -2.14. The number of nitrogens with zero attached hydrogens (tertiary/aromatic N) is 2. The van der Waals surface area contributed by atoms with Gasteiger partial charge in [-0.3, -0.25) is 0 Å². The van der Waals surface area contributed by atoms with E-state index in [-0.39, 0.29) is 6.04 Å². The Kier molecular flexibility index (Phi) is 3.88. The van der Waals surface area contributed by atoms with E-state index in [9.17, 15) is 0 Å². The first kappa shape index (κ1) is 15.4. The first-order valence-electron chi connectivity index (χ1n) is 8.29. The molecular formula is C19H21N3OS. The third-order valence-electron chi connectivity index (χ3n) is 4.46. The summed E-state index contributed by atoms with van der Waals surface area (Å²) in [4.78, 5) is 10.6. The zero-order valence-corrected chi connectivity index (χ0v) is 15.0. The molecule has 0 bridgehead atoms. The molecule has 1 aromatic carbocycles. The molecular weight excluding hydrogens is 318 g/mol. The van der Waals surface area contributed by atoms with Crippen LogP contribution in [0.5, 0.6) is 5.75 Å². The highest BCUT2D eigenvalue weighted by molar-refractivity contribution is 7.11. The largest absolute Gasteiger partial charge is 0.494 e. The molecule has 1 atom stereocenters. The number of para-hydroxylation sites is 1. The van der Waals surface area contributed by atoms with Crippen LogP contribution in [0, 0.1) is 19.8 Å². The molecule has 0 spiro atoms. The number of fused-ring (bicyclic) bond motifs is 1. The van der Waals surface area contributed by atoms with Crippen molar-refractivity contribution in [2.75, 3.05) is 12.4 Å². The molecule has 124 valence electrons. The minimum Gasteiger partial charge on any atom is -0.494 e. The summed E-state index contributed by atoms with van der Waals surface area (Å²) in [5, 5.41) is 6.04. The fourth-order valence-electron chi connectivity index (χ4n) is 3.13. The second-order valence-electron chi connectivity index (χ2n) is 6.44. The number of aryl methyl sites for hydroxylation is 2. The number of hydrogen-bond acceptors (Lipinski definition) is 5. The SMILES string of the molecule is COc1cccc2c(NC(c3ncc(C)s3)C3CC3)cc(C)nc12. The number of aromatic nitrogens is 2. The van der Waals surface area contributed by atoms with Gasteiger partial charge < -0.3 is 10.1 Å². The van der Waals surface area contributed by atoms with Crippen LogP contribution in [-0.4, -0.2) is 17.1 Å². The van der Waals surface area contributed by atoms with Crippen LogP contribution >= 0.6 is 11.3 Å². The van der Waals surface area contributed by atoms with Gasteiger partial charge in [0.25, 0.3) is 0 Å². The van der Waals surface area contributed by atoms with E-state index in [0.29, 0.717) is 5.92 Å². The zero-order valence-electron chi connectivity index (χ0n) is 14.2. The Morgan fingerprint density at radius 2 is 2.12 bits per heavy atom. The van der Waals surface area contributed by atoms with Gasteiger partial charge in [0.1, 0.15) is 16.3 Å². The van der Waals surface area contributed by atoms with Gasteiger partial charge in [-0.15, -0.1) is 11.3 Å². The molecule has 1 N–H and O–H groups in total. The van der Waals surface area contributed by atoms with Crippen molar-refractivity contribution in [2.45, 2.75) is 32.7 Å². The monoisotopic (exact) mass is 339 g/mol. The number of ether oxygens (including phenoxy) is 1. The molecule has 2 aromatic heterocycles. The second kappa shape index (κ2) is 6.06. The van der Waals surface area contributed by atoms with Crippen molar-refractivity contribution in [3.63, 3.8) is 0 Å². The van der Waals surface area contributed by atoms with Crippen molar-refractivity contribution in [1.29, 1.82) is 0 Å². The van der Waals surface area contributed by atoms with Crippen molar-refractivity contribution < 1.29 is 4.74 Å². The van der Waals surface area contributed by atoms with Crippen molar-refractivity contribution in [2.24, 2.45) is 5.92 Å². The molecule has 0 aliphatic heterocycles. The summed E-state index contributed by atoms with van der Waals surface area (Å²) in [6, 6.07) is 8.48. The topological polar surface area (TPSA) is 47.0 Å². The summed E-state index contributed by atoms with van der Waals surface area (Å²) in [7, 11) is 1.69. The first-order valence-corrected chi connectivity index (χ1v) is 9.10.